The Hall–Kier alpha value is -3.39. The molecule has 0 bridgehead atoms. The van der Waals surface area contributed by atoms with Crippen molar-refractivity contribution in [2.75, 3.05) is 26.7 Å². The molecular weight excluding hydrogens is 470 g/mol. The molecule has 37 heavy (non-hydrogen) atoms. The number of benzene rings is 2. The molecule has 0 radical (unpaired) electrons. The minimum absolute atomic E-state index is 0.0584. The summed E-state index contributed by atoms with van der Waals surface area (Å²) in [4.78, 5) is 42.4. The quantitative estimate of drug-likeness (QED) is 0.498. The maximum Gasteiger partial charge on any atom is 0.328 e. The van der Waals surface area contributed by atoms with Gasteiger partial charge >= 0.3 is 5.97 Å². The van der Waals surface area contributed by atoms with E-state index < -0.39 is 18.1 Å². The molecule has 0 unspecified atom stereocenters. The first kappa shape index (κ1) is 26.7. The average Bonchev–Trinajstić information content (AvgIpc) is 3.26. The lowest BCUT2D eigenvalue weighted by Gasteiger charge is -2.29. The second-order valence-corrected chi connectivity index (χ2v) is 9.84. The lowest BCUT2D eigenvalue weighted by Crippen LogP contribution is -2.51. The number of nitrogens with one attached hydrogen (secondary N) is 1. The molecule has 8 nitrogen and oxygen atoms in total. The molecule has 0 spiro atoms. The number of carbonyl (C=O) groups excluding carboxylic acids is 3. The fourth-order valence-corrected chi connectivity index (χ4v) is 4.92. The molecule has 0 aromatic heterocycles. The van der Waals surface area contributed by atoms with Gasteiger partial charge in [-0.05, 0) is 56.5 Å². The molecule has 2 aliphatic heterocycles. The van der Waals surface area contributed by atoms with Crippen LogP contribution in [0.1, 0.15) is 43.7 Å². The first-order chi connectivity index (χ1) is 17.9. The Kier molecular flexibility index (Phi) is 9.17. The zero-order chi connectivity index (χ0) is 26.2. The molecule has 0 saturated carbocycles. The largest absolute Gasteiger partial charge is 0.490 e. The standard InChI is InChI=1S/C29H37N3O5/c1-3-36-29(35)25(19-21-9-11-23(12-10-21)37-24-15-17-31(2)18-16-24)30-28(34)26-13-14-27(33)32(26)20-22-7-5-4-6-8-22/h4-12,24-26H,3,13-20H2,1-2H3,(H,30,34)/t25-,26-/m0/s1. The molecule has 0 aliphatic carbocycles. The van der Waals surface area contributed by atoms with E-state index in [-0.39, 0.29) is 24.5 Å². The van der Waals surface area contributed by atoms with E-state index in [4.69, 9.17) is 9.47 Å². The van der Waals surface area contributed by atoms with E-state index in [0.717, 1.165) is 42.8 Å². The molecule has 4 rings (SSSR count). The van der Waals surface area contributed by atoms with Crippen molar-refractivity contribution in [1.82, 2.24) is 15.1 Å². The zero-order valence-electron chi connectivity index (χ0n) is 21.7. The van der Waals surface area contributed by atoms with E-state index in [0.29, 0.717) is 25.8 Å². The van der Waals surface area contributed by atoms with Crippen LogP contribution in [0.15, 0.2) is 54.6 Å². The molecule has 8 heteroatoms. The summed E-state index contributed by atoms with van der Waals surface area (Å²) in [6, 6.07) is 15.8. The Morgan fingerprint density at radius 2 is 1.70 bits per heavy atom. The second-order valence-electron chi connectivity index (χ2n) is 9.84. The third-order valence-corrected chi connectivity index (χ3v) is 7.05. The van der Waals surface area contributed by atoms with E-state index in [1.54, 1.807) is 11.8 Å². The van der Waals surface area contributed by atoms with Gasteiger partial charge in [0.1, 0.15) is 23.9 Å². The number of piperidine rings is 1. The number of ether oxygens (including phenoxy) is 2. The summed E-state index contributed by atoms with van der Waals surface area (Å²) in [6.45, 7) is 4.37. The summed E-state index contributed by atoms with van der Waals surface area (Å²) >= 11 is 0. The number of hydrogen-bond acceptors (Lipinski definition) is 6. The smallest absolute Gasteiger partial charge is 0.328 e. The normalized spacial score (nSPS) is 19.5. The maximum atomic E-state index is 13.3. The van der Waals surface area contributed by atoms with Gasteiger partial charge < -0.3 is 24.6 Å². The van der Waals surface area contributed by atoms with Crippen LogP contribution < -0.4 is 10.1 Å². The highest BCUT2D eigenvalue weighted by molar-refractivity contribution is 5.93. The summed E-state index contributed by atoms with van der Waals surface area (Å²) in [5, 5.41) is 2.87. The predicted octanol–water partition coefficient (Wildman–Crippen LogP) is 2.94. The minimum Gasteiger partial charge on any atom is -0.490 e. The number of nitrogens with zero attached hydrogens (tertiary/aromatic N) is 2. The molecule has 2 heterocycles. The second kappa shape index (κ2) is 12.7. The lowest BCUT2D eigenvalue weighted by molar-refractivity contribution is -0.148. The lowest BCUT2D eigenvalue weighted by atomic mass is 10.0. The molecule has 1 N–H and O–H groups in total. The first-order valence-corrected chi connectivity index (χ1v) is 13.2. The van der Waals surface area contributed by atoms with Crippen molar-refractivity contribution in [3.8, 4) is 5.75 Å². The van der Waals surface area contributed by atoms with Gasteiger partial charge in [0.2, 0.25) is 11.8 Å². The number of esters is 1. The number of hydrogen-bond donors (Lipinski definition) is 1. The van der Waals surface area contributed by atoms with Crippen LogP contribution in [0.25, 0.3) is 0 Å². The summed E-state index contributed by atoms with van der Waals surface area (Å²) in [7, 11) is 2.12. The van der Waals surface area contributed by atoms with Crippen LogP contribution in [0.5, 0.6) is 5.75 Å². The molecule has 2 fully saturated rings. The summed E-state index contributed by atoms with van der Waals surface area (Å²) in [6.07, 6.45) is 3.24. The van der Waals surface area contributed by atoms with Crippen LogP contribution in [-0.4, -0.2) is 72.5 Å². The Morgan fingerprint density at radius 3 is 2.38 bits per heavy atom. The number of amides is 2. The minimum atomic E-state index is -0.845. The van der Waals surface area contributed by atoms with Gasteiger partial charge in [0, 0.05) is 32.5 Å². The fourth-order valence-electron chi connectivity index (χ4n) is 4.92. The van der Waals surface area contributed by atoms with E-state index in [1.165, 1.54) is 0 Å². The van der Waals surface area contributed by atoms with Crippen molar-refractivity contribution in [3.05, 3.63) is 65.7 Å². The fraction of sp³-hybridized carbons (Fsp3) is 0.483. The molecular formula is C29H37N3O5. The van der Waals surface area contributed by atoms with Gasteiger partial charge in [-0.1, -0.05) is 42.5 Å². The Bertz CT molecular complexity index is 1050. The first-order valence-electron chi connectivity index (χ1n) is 13.2. The Morgan fingerprint density at radius 1 is 1.00 bits per heavy atom. The maximum absolute atomic E-state index is 13.3. The SMILES string of the molecule is CCOC(=O)[C@H](Cc1ccc(OC2CCN(C)CC2)cc1)NC(=O)[C@@H]1CCC(=O)N1Cc1ccccc1. The molecule has 2 aliphatic rings. The number of carbonyl (C=O) groups is 3. The van der Waals surface area contributed by atoms with Gasteiger partial charge in [0.15, 0.2) is 0 Å². The van der Waals surface area contributed by atoms with Crippen LogP contribution >= 0.6 is 0 Å². The molecule has 198 valence electrons. The number of rotatable bonds is 10. The summed E-state index contributed by atoms with van der Waals surface area (Å²) < 4.78 is 11.4. The molecule has 2 atom stereocenters. The van der Waals surface area contributed by atoms with E-state index >= 15 is 0 Å². The molecule has 2 saturated heterocycles. The summed E-state index contributed by atoms with van der Waals surface area (Å²) in [5.74, 6) is -0.0728. The van der Waals surface area contributed by atoms with Gasteiger partial charge in [-0.25, -0.2) is 4.79 Å². The van der Waals surface area contributed by atoms with Crippen molar-refractivity contribution in [2.24, 2.45) is 0 Å². The van der Waals surface area contributed by atoms with E-state index in [9.17, 15) is 14.4 Å². The van der Waals surface area contributed by atoms with Crippen molar-refractivity contribution >= 4 is 17.8 Å². The van der Waals surface area contributed by atoms with Crippen molar-refractivity contribution in [2.45, 2.75) is 63.8 Å². The molecule has 2 aromatic rings. The van der Waals surface area contributed by atoms with Crippen LogP contribution in [0, 0.1) is 0 Å². The van der Waals surface area contributed by atoms with Crippen LogP contribution in [0.2, 0.25) is 0 Å². The highest BCUT2D eigenvalue weighted by Gasteiger charge is 2.37. The monoisotopic (exact) mass is 507 g/mol. The van der Waals surface area contributed by atoms with Gasteiger partial charge in [-0.15, -0.1) is 0 Å². The third-order valence-electron chi connectivity index (χ3n) is 7.05. The molecule has 2 aromatic carbocycles. The van der Waals surface area contributed by atoms with Gasteiger partial charge in [-0.2, -0.15) is 0 Å². The van der Waals surface area contributed by atoms with Gasteiger partial charge in [-0.3, -0.25) is 9.59 Å². The molecule has 2 amide bonds. The van der Waals surface area contributed by atoms with E-state index in [1.807, 2.05) is 54.6 Å². The van der Waals surface area contributed by atoms with Crippen molar-refractivity contribution in [1.29, 1.82) is 0 Å². The van der Waals surface area contributed by atoms with Crippen molar-refractivity contribution in [3.63, 3.8) is 0 Å². The van der Waals surface area contributed by atoms with E-state index in [2.05, 4.69) is 17.3 Å². The highest BCUT2D eigenvalue weighted by atomic mass is 16.5. The number of likely N-dealkylation sites (tertiary alicyclic amines) is 2. The topological polar surface area (TPSA) is 88.2 Å². The third kappa shape index (κ3) is 7.32. The zero-order valence-corrected chi connectivity index (χ0v) is 21.7. The van der Waals surface area contributed by atoms with Gasteiger partial charge in [0.05, 0.1) is 6.61 Å². The Balaban J connectivity index is 1.39. The predicted molar refractivity (Wildman–Crippen MR) is 140 cm³/mol. The van der Waals surface area contributed by atoms with Crippen LogP contribution in [0.3, 0.4) is 0 Å². The Labute approximate surface area is 218 Å². The van der Waals surface area contributed by atoms with Gasteiger partial charge in [0.25, 0.3) is 0 Å². The summed E-state index contributed by atoms with van der Waals surface area (Å²) in [5.41, 5.74) is 1.85. The van der Waals surface area contributed by atoms with Crippen LogP contribution in [-0.2, 0) is 32.1 Å². The highest BCUT2D eigenvalue weighted by Crippen LogP contribution is 2.23. The van der Waals surface area contributed by atoms with Crippen molar-refractivity contribution < 1.29 is 23.9 Å². The average molecular weight is 508 g/mol. The van der Waals surface area contributed by atoms with Crippen LogP contribution in [0.4, 0.5) is 0 Å².